The van der Waals surface area contributed by atoms with Crippen LogP contribution in [0, 0.1) is 0 Å². The third kappa shape index (κ3) is 10.2. The molecule has 1 amide bonds. The maximum Gasteiger partial charge on any atom is 0.407 e. The van der Waals surface area contributed by atoms with Crippen molar-refractivity contribution in [1.29, 1.82) is 0 Å². The highest BCUT2D eigenvalue weighted by Gasteiger charge is 2.15. The Bertz CT molecular complexity index is 416. The van der Waals surface area contributed by atoms with Crippen LogP contribution in [0.4, 0.5) is 4.79 Å². The fraction of sp³-hybridized carbons (Fsp3) is 0.588. The first-order chi connectivity index (χ1) is 10.5. The number of rotatable bonds is 9. The molecular weight excluding hydrogens is 280 g/mol. The Kier molecular flexibility index (Phi) is 8.55. The van der Waals surface area contributed by atoms with Crippen LogP contribution in [0.5, 0.6) is 0 Å². The number of hydrogen-bond acceptors (Lipinski definition) is 4. The van der Waals surface area contributed by atoms with Gasteiger partial charge in [0, 0.05) is 13.1 Å². The van der Waals surface area contributed by atoms with Crippen molar-refractivity contribution in [2.75, 3.05) is 13.1 Å². The number of amides is 1. The molecule has 0 bridgehead atoms. The molecule has 0 heterocycles. The van der Waals surface area contributed by atoms with Gasteiger partial charge in [0.1, 0.15) is 5.60 Å². The van der Waals surface area contributed by atoms with Gasteiger partial charge in [0.25, 0.3) is 0 Å². The molecule has 1 aromatic carbocycles. The molecule has 0 atom stereocenters. The van der Waals surface area contributed by atoms with E-state index in [0.717, 1.165) is 31.4 Å². The molecule has 0 saturated carbocycles. The topological polar surface area (TPSA) is 59.6 Å². The van der Waals surface area contributed by atoms with Crippen LogP contribution in [-0.2, 0) is 16.2 Å². The van der Waals surface area contributed by atoms with Gasteiger partial charge in [0.15, 0.2) is 0 Å². The average Bonchev–Trinajstić information content (AvgIpc) is 2.44. The van der Waals surface area contributed by atoms with Crippen LogP contribution < -0.4 is 10.8 Å². The number of ether oxygens (including phenoxy) is 1. The zero-order chi connectivity index (χ0) is 16.3. The van der Waals surface area contributed by atoms with E-state index in [2.05, 4.69) is 10.8 Å². The summed E-state index contributed by atoms with van der Waals surface area (Å²) < 4.78 is 5.16. The van der Waals surface area contributed by atoms with Crippen LogP contribution in [0.2, 0.25) is 0 Å². The predicted octanol–water partition coefficient (Wildman–Crippen LogP) is 3.40. The third-order valence-electron chi connectivity index (χ3n) is 2.81. The van der Waals surface area contributed by atoms with Crippen molar-refractivity contribution in [2.24, 2.45) is 0 Å². The molecular formula is C17H28N2O3. The van der Waals surface area contributed by atoms with Crippen LogP contribution in [0.25, 0.3) is 0 Å². The van der Waals surface area contributed by atoms with Crippen molar-refractivity contribution in [3.63, 3.8) is 0 Å². The highest BCUT2D eigenvalue weighted by Crippen LogP contribution is 2.06. The Morgan fingerprint density at radius 2 is 1.73 bits per heavy atom. The number of hydrogen-bond donors (Lipinski definition) is 2. The van der Waals surface area contributed by atoms with Gasteiger partial charge < -0.3 is 10.1 Å². The fourth-order valence-corrected chi connectivity index (χ4v) is 1.78. The monoisotopic (exact) mass is 308 g/mol. The lowest BCUT2D eigenvalue weighted by Crippen LogP contribution is -2.33. The number of nitrogens with one attached hydrogen (secondary N) is 2. The minimum Gasteiger partial charge on any atom is -0.444 e. The van der Waals surface area contributed by atoms with Gasteiger partial charge in [0.2, 0.25) is 0 Å². The van der Waals surface area contributed by atoms with E-state index in [1.165, 1.54) is 0 Å². The average molecular weight is 308 g/mol. The molecule has 0 aliphatic heterocycles. The second kappa shape index (κ2) is 10.2. The maximum atomic E-state index is 11.4. The minimum absolute atomic E-state index is 0.350. The summed E-state index contributed by atoms with van der Waals surface area (Å²) in [5.74, 6) is 0. The molecule has 5 heteroatoms. The Morgan fingerprint density at radius 3 is 2.41 bits per heavy atom. The molecule has 1 aromatic rings. The molecule has 2 N–H and O–H groups in total. The molecule has 0 saturated heterocycles. The molecule has 5 nitrogen and oxygen atoms in total. The number of alkyl carbamates (subject to hydrolysis) is 1. The molecule has 0 aliphatic carbocycles. The fourth-order valence-electron chi connectivity index (χ4n) is 1.78. The lowest BCUT2D eigenvalue weighted by Gasteiger charge is -2.19. The maximum absolute atomic E-state index is 11.4. The number of hydroxylamine groups is 1. The van der Waals surface area contributed by atoms with Crippen LogP contribution in [0.15, 0.2) is 30.3 Å². The summed E-state index contributed by atoms with van der Waals surface area (Å²) in [6.45, 7) is 7.58. The van der Waals surface area contributed by atoms with Gasteiger partial charge in [0.05, 0.1) is 6.61 Å². The Morgan fingerprint density at radius 1 is 1.05 bits per heavy atom. The summed E-state index contributed by atoms with van der Waals surface area (Å²) in [6, 6.07) is 10.0. The van der Waals surface area contributed by atoms with E-state index in [0.29, 0.717) is 13.2 Å². The quantitative estimate of drug-likeness (QED) is 0.542. The smallest absolute Gasteiger partial charge is 0.407 e. The van der Waals surface area contributed by atoms with E-state index in [1.54, 1.807) is 0 Å². The van der Waals surface area contributed by atoms with Gasteiger partial charge in [-0.05, 0) is 39.2 Å². The molecule has 0 radical (unpaired) electrons. The number of carbonyl (C=O) groups excluding carboxylic acids is 1. The highest BCUT2D eigenvalue weighted by molar-refractivity contribution is 5.67. The molecule has 22 heavy (non-hydrogen) atoms. The summed E-state index contributed by atoms with van der Waals surface area (Å²) in [5, 5.41) is 2.75. The van der Waals surface area contributed by atoms with Crippen molar-refractivity contribution in [3.05, 3.63) is 35.9 Å². The van der Waals surface area contributed by atoms with E-state index in [1.807, 2.05) is 51.1 Å². The lowest BCUT2D eigenvalue weighted by molar-refractivity contribution is 0.0272. The summed E-state index contributed by atoms with van der Waals surface area (Å²) in [7, 11) is 0. The van der Waals surface area contributed by atoms with Crippen molar-refractivity contribution < 1.29 is 14.4 Å². The molecule has 0 spiro atoms. The van der Waals surface area contributed by atoms with Crippen molar-refractivity contribution >= 4 is 6.09 Å². The summed E-state index contributed by atoms with van der Waals surface area (Å²) in [5.41, 5.74) is 3.66. The molecule has 0 aromatic heterocycles. The van der Waals surface area contributed by atoms with E-state index in [4.69, 9.17) is 9.57 Å². The third-order valence-corrected chi connectivity index (χ3v) is 2.81. The Hall–Kier alpha value is -1.59. The SMILES string of the molecule is CC(C)(C)OC(=O)NCCCCCNOCc1ccccc1. The Labute approximate surface area is 133 Å². The van der Waals surface area contributed by atoms with Gasteiger partial charge in [-0.3, -0.25) is 4.84 Å². The van der Waals surface area contributed by atoms with Crippen molar-refractivity contribution in [2.45, 2.75) is 52.2 Å². The molecule has 1 rings (SSSR count). The largest absolute Gasteiger partial charge is 0.444 e. The predicted molar refractivity (Wildman–Crippen MR) is 87.3 cm³/mol. The van der Waals surface area contributed by atoms with Crippen molar-refractivity contribution in [1.82, 2.24) is 10.8 Å². The summed E-state index contributed by atoms with van der Waals surface area (Å²) in [6.07, 6.45) is 2.61. The van der Waals surface area contributed by atoms with Crippen LogP contribution >= 0.6 is 0 Å². The van der Waals surface area contributed by atoms with Crippen LogP contribution in [-0.4, -0.2) is 24.8 Å². The van der Waals surface area contributed by atoms with Gasteiger partial charge in [-0.2, -0.15) is 0 Å². The second-order valence-electron chi connectivity index (χ2n) is 6.16. The normalized spacial score (nSPS) is 11.2. The van der Waals surface area contributed by atoms with E-state index in [-0.39, 0.29) is 6.09 Å². The first kappa shape index (κ1) is 18.5. The van der Waals surface area contributed by atoms with Gasteiger partial charge >= 0.3 is 6.09 Å². The lowest BCUT2D eigenvalue weighted by atomic mass is 10.2. The molecule has 0 unspecified atom stereocenters. The van der Waals surface area contributed by atoms with E-state index in [9.17, 15) is 4.79 Å². The van der Waals surface area contributed by atoms with Crippen LogP contribution in [0.3, 0.4) is 0 Å². The van der Waals surface area contributed by atoms with Gasteiger partial charge in [-0.15, -0.1) is 0 Å². The summed E-state index contributed by atoms with van der Waals surface area (Å²) in [4.78, 5) is 16.8. The second-order valence-corrected chi connectivity index (χ2v) is 6.16. The standard InChI is InChI=1S/C17H28N2O3/c1-17(2,3)22-16(20)18-12-8-5-9-13-19-21-14-15-10-6-4-7-11-15/h4,6-7,10-11,19H,5,8-9,12-14H2,1-3H3,(H,18,20). The van der Waals surface area contributed by atoms with E-state index < -0.39 is 5.60 Å². The highest BCUT2D eigenvalue weighted by atomic mass is 16.6. The van der Waals surface area contributed by atoms with Crippen molar-refractivity contribution in [3.8, 4) is 0 Å². The molecule has 0 fully saturated rings. The molecule has 124 valence electrons. The van der Waals surface area contributed by atoms with E-state index >= 15 is 0 Å². The number of carbonyl (C=O) groups is 1. The Balaban J connectivity index is 1.89. The first-order valence-electron chi connectivity index (χ1n) is 7.83. The zero-order valence-corrected chi connectivity index (χ0v) is 13.9. The first-order valence-corrected chi connectivity index (χ1v) is 7.83. The number of unbranched alkanes of at least 4 members (excludes halogenated alkanes) is 2. The number of benzene rings is 1. The van der Waals surface area contributed by atoms with Gasteiger partial charge in [-0.1, -0.05) is 36.8 Å². The minimum atomic E-state index is -0.440. The summed E-state index contributed by atoms with van der Waals surface area (Å²) >= 11 is 0. The van der Waals surface area contributed by atoms with Crippen LogP contribution in [0.1, 0.15) is 45.6 Å². The van der Waals surface area contributed by atoms with Gasteiger partial charge in [-0.25, -0.2) is 10.3 Å². The molecule has 0 aliphatic rings. The zero-order valence-electron chi connectivity index (χ0n) is 13.9.